The molecule has 26 heavy (non-hydrogen) atoms. The van der Waals surface area contributed by atoms with Gasteiger partial charge in [0, 0.05) is 0 Å². The van der Waals surface area contributed by atoms with Crippen molar-refractivity contribution in [1.82, 2.24) is 0 Å². The van der Waals surface area contributed by atoms with Crippen LogP contribution in [0.5, 0.6) is 5.75 Å². The molecule has 0 unspecified atom stereocenters. The van der Waals surface area contributed by atoms with Crippen molar-refractivity contribution in [2.75, 3.05) is 7.11 Å². The highest BCUT2D eigenvalue weighted by Crippen LogP contribution is 2.28. The molecule has 0 radical (unpaired) electrons. The largest absolute Gasteiger partial charge is 0.497 e. The van der Waals surface area contributed by atoms with E-state index in [1.54, 1.807) is 7.11 Å². The molecule has 2 heteroatoms. The predicted molar refractivity (Wildman–Crippen MR) is 114 cm³/mol. The molecule has 0 bridgehead atoms. The van der Waals surface area contributed by atoms with Crippen molar-refractivity contribution in [3.63, 3.8) is 0 Å². The highest BCUT2D eigenvalue weighted by atomic mass is 28.3. The normalized spacial score (nSPS) is 14.5. The first kappa shape index (κ1) is 16.9. The Kier molecular flexibility index (Phi) is 3.89. The molecule has 0 fully saturated rings. The second-order valence-corrected chi connectivity index (χ2v) is 11.9. The summed E-state index contributed by atoms with van der Waals surface area (Å²) in [5, 5.41) is 5.35. The standard InChI is InChI=1S/C24H24OSi/c1-16-10-12-20-22(14-16)26(4,5)23-15-18(25-3)11-13-21(23)24(20)19-9-7-6-8-17(19)2/h6-15H,1H2,2-5H3/q-1. The van der Waals surface area contributed by atoms with E-state index >= 15 is 0 Å². The fourth-order valence-electron chi connectivity index (χ4n) is 4.15. The summed E-state index contributed by atoms with van der Waals surface area (Å²) in [6.45, 7) is 11.2. The third-order valence-corrected chi connectivity index (χ3v) is 9.13. The van der Waals surface area contributed by atoms with Gasteiger partial charge in [0.15, 0.2) is 0 Å². The Labute approximate surface area is 156 Å². The van der Waals surface area contributed by atoms with E-state index in [-0.39, 0.29) is 0 Å². The molecule has 0 saturated carbocycles. The summed E-state index contributed by atoms with van der Waals surface area (Å²) >= 11 is 0. The molecule has 0 amide bonds. The maximum absolute atomic E-state index is 5.55. The van der Waals surface area contributed by atoms with Gasteiger partial charge in [0.05, 0.1) is 7.11 Å². The van der Waals surface area contributed by atoms with Crippen molar-refractivity contribution < 1.29 is 4.74 Å². The van der Waals surface area contributed by atoms with Gasteiger partial charge in [-0.15, -0.1) is 0 Å². The maximum Gasteiger partial charge on any atom is 0.116 e. The lowest BCUT2D eigenvalue weighted by atomic mass is 9.91. The van der Waals surface area contributed by atoms with Crippen LogP contribution in [0.15, 0.2) is 60.7 Å². The molecule has 0 aliphatic carbocycles. The number of fused-ring (bicyclic) bond motifs is 2. The van der Waals surface area contributed by atoms with E-state index in [4.69, 9.17) is 4.74 Å². The fourth-order valence-corrected chi connectivity index (χ4v) is 7.25. The van der Waals surface area contributed by atoms with Crippen LogP contribution < -0.4 is 25.5 Å². The van der Waals surface area contributed by atoms with Crippen LogP contribution in [-0.4, -0.2) is 15.2 Å². The molecule has 1 aliphatic rings. The van der Waals surface area contributed by atoms with Crippen LogP contribution in [0.3, 0.4) is 0 Å². The fraction of sp³-hybridized carbons (Fsp3) is 0.167. The topological polar surface area (TPSA) is 9.23 Å². The van der Waals surface area contributed by atoms with Crippen LogP contribution in [-0.2, 0) is 0 Å². The van der Waals surface area contributed by atoms with Gasteiger partial charge < -0.3 is 4.74 Å². The minimum Gasteiger partial charge on any atom is -0.497 e. The molecule has 3 aromatic carbocycles. The molecule has 0 atom stereocenters. The van der Waals surface area contributed by atoms with E-state index in [9.17, 15) is 0 Å². The quantitative estimate of drug-likeness (QED) is 0.642. The van der Waals surface area contributed by atoms with E-state index < -0.39 is 8.07 Å². The van der Waals surface area contributed by atoms with Gasteiger partial charge in [0.1, 0.15) is 5.75 Å². The van der Waals surface area contributed by atoms with Crippen LogP contribution in [0.2, 0.25) is 13.1 Å². The Morgan fingerprint density at radius 2 is 1.62 bits per heavy atom. The van der Waals surface area contributed by atoms with Crippen LogP contribution in [0.25, 0.3) is 12.2 Å². The third kappa shape index (κ3) is 2.45. The van der Waals surface area contributed by atoms with Gasteiger partial charge in [-0.1, -0.05) is 69.3 Å². The first-order chi connectivity index (χ1) is 12.4. The van der Waals surface area contributed by atoms with Crippen LogP contribution in [0, 0.1) is 6.92 Å². The molecular formula is C24H24OSi-. The highest BCUT2D eigenvalue weighted by molar-refractivity contribution is 7.01. The van der Waals surface area contributed by atoms with Gasteiger partial charge in [-0.2, -0.15) is 23.5 Å². The second-order valence-electron chi connectivity index (χ2n) is 7.61. The van der Waals surface area contributed by atoms with E-state index in [1.807, 2.05) is 0 Å². The predicted octanol–water partition coefficient (Wildman–Crippen LogP) is 2.80. The van der Waals surface area contributed by atoms with E-state index in [0.29, 0.717) is 0 Å². The minimum absolute atomic E-state index is 0.933. The van der Waals surface area contributed by atoms with Crippen molar-refractivity contribution in [2.24, 2.45) is 0 Å². The van der Waals surface area contributed by atoms with Gasteiger partial charge in [-0.3, -0.25) is 0 Å². The average molecular weight is 357 g/mol. The van der Waals surface area contributed by atoms with Gasteiger partial charge in [0.2, 0.25) is 0 Å². The number of ether oxygens (including phenoxy) is 1. The SMILES string of the molecule is C=c1ccc2c(c1)[Si-](C)(C)c1cc(OC)ccc1C=2c1ccccc1C. The zero-order chi connectivity index (χ0) is 18.5. The van der Waals surface area contributed by atoms with Crippen molar-refractivity contribution in [3.8, 4) is 5.75 Å². The summed E-state index contributed by atoms with van der Waals surface area (Å²) in [6.07, 6.45) is 0. The number of rotatable bonds is 2. The zero-order valence-electron chi connectivity index (χ0n) is 15.9. The summed E-state index contributed by atoms with van der Waals surface area (Å²) in [4.78, 5) is 0. The van der Waals surface area contributed by atoms with Gasteiger partial charge in [-0.25, -0.2) is 0 Å². The van der Waals surface area contributed by atoms with Crippen molar-refractivity contribution in [3.05, 3.63) is 87.8 Å². The van der Waals surface area contributed by atoms with Crippen molar-refractivity contribution >= 4 is 30.6 Å². The molecule has 0 aromatic heterocycles. The van der Waals surface area contributed by atoms with Gasteiger partial charge in [-0.05, 0) is 45.7 Å². The second kappa shape index (κ2) is 5.99. The lowest BCUT2D eigenvalue weighted by Crippen LogP contribution is -2.63. The molecule has 0 spiro atoms. The average Bonchev–Trinajstić information content (AvgIpc) is 2.63. The lowest BCUT2D eigenvalue weighted by molar-refractivity contribution is 0.415. The molecule has 1 heterocycles. The summed E-state index contributed by atoms with van der Waals surface area (Å²) in [6, 6.07) is 21.9. The number of aryl methyl sites for hydroxylation is 1. The molecule has 3 aromatic rings. The monoisotopic (exact) mass is 356 g/mol. The smallest absolute Gasteiger partial charge is 0.116 e. The minimum atomic E-state index is -1.84. The van der Waals surface area contributed by atoms with Crippen molar-refractivity contribution in [2.45, 2.75) is 20.0 Å². The molecule has 1 aliphatic heterocycles. The van der Waals surface area contributed by atoms with Crippen LogP contribution >= 0.6 is 0 Å². The maximum atomic E-state index is 5.55. The Hall–Kier alpha value is -2.58. The zero-order valence-corrected chi connectivity index (χ0v) is 16.9. The summed E-state index contributed by atoms with van der Waals surface area (Å²) in [5.74, 6) is 0.933. The molecule has 131 valence electrons. The van der Waals surface area contributed by atoms with Gasteiger partial charge >= 0.3 is 0 Å². The van der Waals surface area contributed by atoms with E-state index in [2.05, 4.69) is 87.3 Å². The third-order valence-electron chi connectivity index (χ3n) is 5.61. The lowest BCUT2D eigenvalue weighted by Gasteiger charge is -2.43. The van der Waals surface area contributed by atoms with E-state index in [0.717, 1.165) is 11.0 Å². The van der Waals surface area contributed by atoms with Crippen LogP contribution in [0.4, 0.5) is 0 Å². The summed E-state index contributed by atoms with van der Waals surface area (Å²) in [5.41, 5.74) is 5.29. The Morgan fingerprint density at radius 1 is 0.846 bits per heavy atom. The molecule has 0 N–H and O–H groups in total. The Balaban J connectivity index is 2.21. The Morgan fingerprint density at radius 3 is 2.35 bits per heavy atom. The Bertz CT molecular complexity index is 1130. The van der Waals surface area contributed by atoms with Crippen LogP contribution in [0.1, 0.15) is 16.7 Å². The van der Waals surface area contributed by atoms with Gasteiger partial charge in [0.25, 0.3) is 0 Å². The summed E-state index contributed by atoms with van der Waals surface area (Å²) < 4.78 is 5.55. The number of hydrogen-bond donors (Lipinski definition) is 0. The number of methoxy groups -OCH3 is 1. The molecule has 0 saturated heterocycles. The molecule has 4 rings (SSSR count). The summed E-state index contributed by atoms with van der Waals surface area (Å²) in [7, 11) is -0.101. The first-order valence-electron chi connectivity index (χ1n) is 9.02. The first-order valence-corrected chi connectivity index (χ1v) is 12.0. The molecule has 1 nitrogen and oxygen atoms in total. The molecular weight excluding hydrogens is 332 g/mol. The van der Waals surface area contributed by atoms with Crippen molar-refractivity contribution in [1.29, 1.82) is 0 Å². The number of hydrogen-bond acceptors (Lipinski definition) is 1. The number of benzene rings is 3. The highest BCUT2D eigenvalue weighted by Gasteiger charge is 2.26. The van der Waals surface area contributed by atoms with E-state index in [1.165, 1.54) is 37.9 Å².